The Kier molecular flexibility index (Phi) is 5.72. The number of anilines is 3. The van der Waals surface area contributed by atoms with Crippen LogP contribution in [0.2, 0.25) is 0 Å². The number of amides is 3. The lowest BCUT2D eigenvalue weighted by atomic mass is 10.2. The zero-order valence-electron chi connectivity index (χ0n) is 17.6. The fourth-order valence-electron chi connectivity index (χ4n) is 4.14. The summed E-state index contributed by atoms with van der Waals surface area (Å²) in [5.41, 5.74) is 2.88. The van der Waals surface area contributed by atoms with Crippen LogP contribution in [-0.2, 0) is 17.6 Å². The van der Waals surface area contributed by atoms with Gasteiger partial charge in [0.05, 0.1) is 12.1 Å². The Bertz CT molecular complexity index is 1110. The first-order valence-corrected chi connectivity index (χ1v) is 11.6. The molecule has 4 heterocycles. The number of hydrogen-bond acceptors (Lipinski definition) is 6. The van der Waals surface area contributed by atoms with E-state index >= 15 is 0 Å². The molecule has 0 unspecified atom stereocenters. The molecule has 5 rings (SSSR count). The van der Waals surface area contributed by atoms with E-state index in [0.717, 1.165) is 31.0 Å². The molecule has 1 aromatic carbocycles. The number of urea groups is 1. The van der Waals surface area contributed by atoms with Gasteiger partial charge in [0, 0.05) is 50.0 Å². The van der Waals surface area contributed by atoms with Crippen LogP contribution in [0, 0.1) is 0 Å². The lowest BCUT2D eigenvalue weighted by Crippen LogP contribution is -2.50. The van der Waals surface area contributed by atoms with E-state index in [0.29, 0.717) is 30.5 Å². The van der Waals surface area contributed by atoms with Gasteiger partial charge >= 0.3 is 6.03 Å². The zero-order chi connectivity index (χ0) is 21.9. The largest absolute Gasteiger partial charge is 0.353 e. The maximum absolute atomic E-state index is 12.8. The van der Waals surface area contributed by atoms with Crippen LogP contribution in [0.15, 0.2) is 54.0 Å². The van der Waals surface area contributed by atoms with Crippen LogP contribution in [0.1, 0.15) is 11.3 Å². The van der Waals surface area contributed by atoms with E-state index in [1.165, 1.54) is 16.9 Å². The number of rotatable bonds is 4. The van der Waals surface area contributed by atoms with Crippen molar-refractivity contribution in [3.63, 3.8) is 0 Å². The monoisotopic (exact) mass is 448 g/mol. The predicted octanol–water partition coefficient (Wildman–Crippen LogP) is 3.02. The van der Waals surface area contributed by atoms with Gasteiger partial charge in [-0.3, -0.25) is 10.1 Å². The molecule has 164 valence electrons. The highest BCUT2D eigenvalue weighted by Crippen LogP contribution is 2.28. The Morgan fingerprint density at radius 3 is 2.62 bits per heavy atom. The number of aromatic nitrogens is 2. The number of nitrogens with zero attached hydrogens (tertiary/aromatic N) is 5. The standard InChI is InChI=1S/C23H24N6O2S/c30-21(29-10-8-17-5-1-2-6-19(17)29)15-18-16-32-22(25-18)26-23(31)28-13-11-27(12-14-28)20-7-3-4-9-24-20/h1-7,9,16H,8,10-15H2,(H,25,26,31). The number of fused-ring (bicyclic) bond motifs is 1. The highest BCUT2D eigenvalue weighted by molar-refractivity contribution is 7.13. The Balaban J connectivity index is 1.14. The van der Waals surface area contributed by atoms with E-state index < -0.39 is 0 Å². The normalized spacial score (nSPS) is 15.6. The molecule has 1 N–H and O–H groups in total. The average molecular weight is 449 g/mol. The van der Waals surface area contributed by atoms with E-state index in [-0.39, 0.29) is 18.4 Å². The number of pyridine rings is 1. The van der Waals surface area contributed by atoms with Crippen molar-refractivity contribution in [2.75, 3.05) is 47.8 Å². The minimum absolute atomic E-state index is 0.0313. The summed E-state index contributed by atoms with van der Waals surface area (Å²) in [6, 6.07) is 13.7. The van der Waals surface area contributed by atoms with Crippen LogP contribution in [0.5, 0.6) is 0 Å². The van der Waals surface area contributed by atoms with Gasteiger partial charge in [-0.15, -0.1) is 11.3 Å². The second-order valence-corrected chi connectivity index (χ2v) is 8.70. The molecule has 0 radical (unpaired) electrons. The summed E-state index contributed by atoms with van der Waals surface area (Å²) in [6.45, 7) is 3.41. The molecule has 2 aliphatic heterocycles. The second kappa shape index (κ2) is 8.96. The Labute approximate surface area is 190 Å². The van der Waals surface area contributed by atoms with Crippen molar-refractivity contribution in [2.45, 2.75) is 12.8 Å². The molecule has 0 atom stereocenters. The number of para-hydroxylation sites is 1. The van der Waals surface area contributed by atoms with Crippen molar-refractivity contribution < 1.29 is 9.59 Å². The van der Waals surface area contributed by atoms with E-state index in [9.17, 15) is 9.59 Å². The van der Waals surface area contributed by atoms with Gasteiger partial charge in [-0.05, 0) is 30.2 Å². The molecule has 2 aromatic heterocycles. The first-order valence-electron chi connectivity index (χ1n) is 10.7. The molecule has 8 nitrogen and oxygen atoms in total. The molecule has 3 aromatic rings. The van der Waals surface area contributed by atoms with Crippen LogP contribution in [0.3, 0.4) is 0 Å². The summed E-state index contributed by atoms with van der Waals surface area (Å²) < 4.78 is 0. The molecule has 1 fully saturated rings. The van der Waals surface area contributed by atoms with Gasteiger partial charge in [0.1, 0.15) is 5.82 Å². The van der Waals surface area contributed by atoms with Crippen molar-refractivity contribution in [2.24, 2.45) is 0 Å². The number of thiazole rings is 1. The number of piperazine rings is 1. The summed E-state index contributed by atoms with van der Waals surface area (Å²) in [5.74, 6) is 0.964. The molecule has 32 heavy (non-hydrogen) atoms. The maximum Gasteiger partial charge on any atom is 0.323 e. The van der Waals surface area contributed by atoms with Crippen LogP contribution in [0.25, 0.3) is 0 Å². The van der Waals surface area contributed by atoms with Crippen molar-refractivity contribution in [1.82, 2.24) is 14.9 Å². The summed E-state index contributed by atoms with van der Waals surface area (Å²) >= 11 is 1.35. The van der Waals surface area contributed by atoms with Gasteiger partial charge in [-0.2, -0.15) is 0 Å². The summed E-state index contributed by atoms with van der Waals surface area (Å²) in [6.07, 6.45) is 2.89. The van der Waals surface area contributed by atoms with E-state index in [1.807, 2.05) is 46.7 Å². The van der Waals surface area contributed by atoms with Crippen molar-refractivity contribution >= 4 is 39.9 Å². The maximum atomic E-state index is 12.8. The molecule has 1 saturated heterocycles. The average Bonchev–Trinajstić information content (AvgIpc) is 3.46. The van der Waals surface area contributed by atoms with Crippen molar-refractivity contribution in [3.05, 3.63) is 65.3 Å². The molecule has 3 amide bonds. The quantitative estimate of drug-likeness (QED) is 0.664. The minimum atomic E-state index is -0.161. The minimum Gasteiger partial charge on any atom is -0.353 e. The molecule has 9 heteroatoms. The highest BCUT2D eigenvalue weighted by atomic mass is 32.1. The molecule has 0 aliphatic carbocycles. The van der Waals surface area contributed by atoms with Crippen LogP contribution < -0.4 is 15.1 Å². The molecule has 0 saturated carbocycles. The number of carbonyl (C=O) groups excluding carboxylic acids is 2. The Morgan fingerprint density at radius 1 is 1.00 bits per heavy atom. The Hall–Kier alpha value is -3.46. The summed E-state index contributed by atoms with van der Waals surface area (Å²) in [5, 5.41) is 5.24. The lowest BCUT2D eigenvalue weighted by molar-refractivity contribution is -0.117. The highest BCUT2D eigenvalue weighted by Gasteiger charge is 2.25. The zero-order valence-corrected chi connectivity index (χ0v) is 18.4. The fourth-order valence-corrected chi connectivity index (χ4v) is 4.84. The molecular formula is C23H24N6O2S. The van der Waals surface area contributed by atoms with Gasteiger partial charge in [-0.25, -0.2) is 14.8 Å². The van der Waals surface area contributed by atoms with Crippen LogP contribution >= 0.6 is 11.3 Å². The Morgan fingerprint density at radius 2 is 1.81 bits per heavy atom. The van der Waals surface area contributed by atoms with Gasteiger partial charge in [0.2, 0.25) is 5.91 Å². The number of nitrogens with one attached hydrogen (secondary N) is 1. The van der Waals surface area contributed by atoms with Crippen molar-refractivity contribution in [3.8, 4) is 0 Å². The third-order valence-corrected chi connectivity index (χ3v) is 6.63. The molecule has 2 aliphatic rings. The lowest BCUT2D eigenvalue weighted by Gasteiger charge is -2.35. The van der Waals surface area contributed by atoms with Crippen LogP contribution in [0.4, 0.5) is 21.4 Å². The third kappa shape index (κ3) is 4.29. The molecule has 0 bridgehead atoms. The smallest absolute Gasteiger partial charge is 0.323 e. The summed E-state index contributed by atoms with van der Waals surface area (Å²) in [4.78, 5) is 40.1. The van der Waals surface area contributed by atoms with E-state index in [1.54, 1.807) is 11.1 Å². The number of hydrogen-bond donors (Lipinski definition) is 1. The second-order valence-electron chi connectivity index (χ2n) is 7.84. The fraction of sp³-hybridized carbons (Fsp3) is 0.304. The molecule has 0 spiro atoms. The van der Waals surface area contributed by atoms with E-state index in [2.05, 4.69) is 26.3 Å². The van der Waals surface area contributed by atoms with Gasteiger partial charge in [-0.1, -0.05) is 24.3 Å². The first-order chi connectivity index (χ1) is 15.7. The topological polar surface area (TPSA) is 81.7 Å². The van der Waals surface area contributed by atoms with Gasteiger partial charge < -0.3 is 14.7 Å². The van der Waals surface area contributed by atoms with Crippen molar-refractivity contribution in [1.29, 1.82) is 0 Å². The van der Waals surface area contributed by atoms with Crippen LogP contribution in [-0.4, -0.2) is 59.5 Å². The summed E-state index contributed by atoms with van der Waals surface area (Å²) in [7, 11) is 0. The van der Waals surface area contributed by atoms with E-state index in [4.69, 9.17) is 0 Å². The first kappa shape index (κ1) is 20.4. The predicted molar refractivity (Wildman–Crippen MR) is 125 cm³/mol. The third-order valence-electron chi connectivity index (χ3n) is 5.83. The SMILES string of the molecule is O=C(Nc1nc(CC(=O)N2CCc3ccccc32)cs1)N1CCN(c2ccccn2)CC1. The number of benzene rings is 1. The number of carbonyl (C=O) groups is 2. The molecular weight excluding hydrogens is 424 g/mol. The van der Waals surface area contributed by atoms with Gasteiger partial charge in [0.25, 0.3) is 0 Å². The van der Waals surface area contributed by atoms with Gasteiger partial charge in [0.15, 0.2) is 5.13 Å².